The molecule has 1 heterocycles. The summed E-state index contributed by atoms with van der Waals surface area (Å²) in [6.45, 7) is 6.55. The topological polar surface area (TPSA) is 49.8 Å². The van der Waals surface area contributed by atoms with E-state index < -0.39 is 11.7 Å². The highest BCUT2D eigenvalue weighted by Gasteiger charge is 2.32. The van der Waals surface area contributed by atoms with E-state index in [4.69, 9.17) is 4.74 Å². The molecular weight excluding hydrogens is 266 g/mol. The van der Waals surface area contributed by atoms with Gasteiger partial charge >= 0.3 is 6.09 Å². The maximum absolute atomic E-state index is 12.0. The molecule has 2 atom stereocenters. The Hall–Kier alpha value is -1.55. The minimum atomic E-state index is -0.497. The van der Waals surface area contributed by atoms with E-state index in [1.807, 2.05) is 39.0 Å². The van der Waals surface area contributed by atoms with Crippen LogP contribution in [0.4, 0.5) is 4.79 Å². The molecule has 0 aliphatic carbocycles. The van der Waals surface area contributed by atoms with Gasteiger partial charge in [-0.3, -0.25) is 0 Å². The SMILES string of the molecule is CC(C)(C)OC(=O)N1CC[C@@H](Cc2ccccc2)[C@H](O)C1. The molecule has 1 saturated heterocycles. The molecule has 21 heavy (non-hydrogen) atoms. The quantitative estimate of drug-likeness (QED) is 0.911. The van der Waals surface area contributed by atoms with Gasteiger partial charge in [0.2, 0.25) is 0 Å². The first kappa shape index (κ1) is 15.8. The van der Waals surface area contributed by atoms with Gasteiger partial charge in [0.15, 0.2) is 0 Å². The molecule has 0 bridgehead atoms. The molecule has 0 saturated carbocycles. The predicted octanol–water partition coefficient (Wildman–Crippen LogP) is 2.85. The number of aliphatic hydroxyl groups is 1. The van der Waals surface area contributed by atoms with Gasteiger partial charge in [-0.2, -0.15) is 0 Å². The molecule has 4 nitrogen and oxygen atoms in total. The Labute approximate surface area is 126 Å². The summed E-state index contributed by atoms with van der Waals surface area (Å²) in [5.74, 6) is 0.200. The summed E-state index contributed by atoms with van der Waals surface area (Å²) in [7, 11) is 0. The minimum absolute atomic E-state index is 0.200. The molecule has 0 aromatic heterocycles. The van der Waals surface area contributed by atoms with Crippen molar-refractivity contribution in [1.82, 2.24) is 4.90 Å². The number of nitrogens with zero attached hydrogens (tertiary/aromatic N) is 1. The molecule has 2 rings (SSSR count). The Morgan fingerprint density at radius 1 is 1.33 bits per heavy atom. The highest BCUT2D eigenvalue weighted by molar-refractivity contribution is 5.68. The van der Waals surface area contributed by atoms with Crippen molar-refractivity contribution in [3.05, 3.63) is 35.9 Å². The van der Waals surface area contributed by atoms with Crippen molar-refractivity contribution in [1.29, 1.82) is 0 Å². The van der Waals surface area contributed by atoms with Gasteiger partial charge < -0.3 is 14.7 Å². The van der Waals surface area contributed by atoms with Gasteiger partial charge in [-0.1, -0.05) is 30.3 Å². The molecule has 1 fully saturated rings. The Kier molecular flexibility index (Phi) is 4.88. The number of aliphatic hydroxyl groups excluding tert-OH is 1. The van der Waals surface area contributed by atoms with Crippen molar-refractivity contribution in [2.24, 2.45) is 5.92 Å². The largest absolute Gasteiger partial charge is 0.444 e. The third-order valence-electron chi connectivity index (χ3n) is 3.71. The van der Waals surface area contributed by atoms with E-state index in [9.17, 15) is 9.90 Å². The first-order valence-electron chi connectivity index (χ1n) is 7.55. The van der Waals surface area contributed by atoms with Crippen molar-refractivity contribution in [2.75, 3.05) is 13.1 Å². The lowest BCUT2D eigenvalue weighted by Gasteiger charge is -2.36. The predicted molar refractivity (Wildman–Crippen MR) is 82.1 cm³/mol. The van der Waals surface area contributed by atoms with Crippen LogP contribution in [0, 0.1) is 5.92 Å². The van der Waals surface area contributed by atoms with E-state index in [2.05, 4.69) is 12.1 Å². The number of carbonyl (C=O) groups is 1. The summed E-state index contributed by atoms with van der Waals surface area (Å²) in [6, 6.07) is 10.2. The number of piperidine rings is 1. The van der Waals surface area contributed by atoms with Crippen LogP contribution in [0.25, 0.3) is 0 Å². The van der Waals surface area contributed by atoms with Crippen LogP contribution in [-0.4, -0.2) is 40.9 Å². The Morgan fingerprint density at radius 2 is 2.00 bits per heavy atom. The number of hydrogen-bond acceptors (Lipinski definition) is 3. The second kappa shape index (κ2) is 6.48. The lowest BCUT2D eigenvalue weighted by molar-refractivity contribution is -0.0125. The van der Waals surface area contributed by atoms with Crippen LogP contribution in [-0.2, 0) is 11.2 Å². The third kappa shape index (κ3) is 4.74. The van der Waals surface area contributed by atoms with Gasteiger partial charge in [0, 0.05) is 6.54 Å². The zero-order valence-corrected chi connectivity index (χ0v) is 13.1. The first-order chi connectivity index (χ1) is 9.85. The second-order valence-corrected chi connectivity index (χ2v) is 6.73. The molecule has 0 spiro atoms. The molecule has 0 radical (unpaired) electrons. The van der Waals surface area contributed by atoms with Gasteiger partial charge in [0.25, 0.3) is 0 Å². The van der Waals surface area contributed by atoms with Crippen LogP contribution in [0.3, 0.4) is 0 Å². The molecule has 1 aromatic carbocycles. The molecular formula is C17H25NO3. The monoisotopic (exact) mass is 291 g/mol. The highest BCUT2D eigenvalue weighted by atomic mass is 16.6. The van der Waals surface area contributed by atoms with E-state index in [-0.39, 0.29) is 12.0 Å². The van der Waals surface area contributed by atoms with Gasteiger partial charge in [-0.25, -0.2) is 4.79 Å². The number of β-amino-alcohol motifs (C(OH)–C–C–N with tert-alkyl or cyclic N) is 1. The van der Waals surface area contributed by atoms with Gasteiger partial charge in [-0.05, 0) is 45.1 Å². The lowest BCUT2D eigenvalue weighted by Crippen LogP contribution is -2.48. The highest BCUT2D eigenvalue weighted by Crippen LogP contribution is 2.23. The fraction of sp³-hybridized carbons (Fsp3) is 0.588. The van der Waals surface area contributed by atoms with E-state index in [0.29, 0.717) is 13.1 Å². The first-order valence-corrected chi connectivity index (χ1v) is 7.55. The van der Waals surface area contributed by atoms with Crippen LogP contribution >= 0.6 is 0 Å². The summed E-state index contributed by atoms with van der Waals surface area (Å²) in [5.41, 5.74) is 0.732. The van der Waals surface area contributed by atoms with Crippen molar-refractivity contribution in [2.45, 2.75) is 45.3 Å². The van der Waals surface area contributed by atoms with Gasteiger partial charge in [-0.15, -0.1) is 0 Å². The van der Waals surface area contributed by atoms with Crippen molar-refractivity contribution >= 4 is 6.09 Å². The van der Waals surface area contributed by atoms with Gasteiger partial charge in [0.1, 0.15) is 5.60 Å². The zero-order valence-electron chi connectivity index (χ0n) is 13.1. The standard InChI is InChI=1S/C17H25NO3/c1-17(2,3)21-16(20)18-10-9-14(15(19)12-18)11-13-7-5-4-6-8-13/h4-8,14-15,19H,9-12H2,1-3H3/t14-,15+/m0/s1. The van der Waals surface area contributed by atoms with Crippen LogP contribution < -0.4 is 0 Å². The Bertz CT molecular complexity index is 467. The van der Waals surface area contributed by atoms with Crippen molar-refractivity contribution in [3.63, 3.8) is 0 Å². The van der Waals surface area contributed by atoms with Gasteiger partial charge in [0.05, 0.1) is 12.6 Å². The lowest BCUT2D eigenvalue weighted by atomic mass is 9.88. The van der Waals surface area contributed by atoms with E-state index >= 15 is 0 Å². The summed E-state index contributed by atoms with van der Waals surface area (Å²) >= 11 is 0. The molecule has 4 heteroatoms. The fourth-order valence-electron chi connectivity index (χ4n) is 2.63. The molecule has 1 amide bonds. The maximum atomic E-state index is 12.0. The number of hydrogen-bond donors (Lipinski definition) is 1. The number of carbonyl (C=O) groups excluding carboxylic acids is 1. The number of amides is 1. The summed E-state index contributed by atoms with van der Waals surface area (Å²) in [5, 5.41) is 10.3. The van der Waals surface area contributed by atoms with Crippen molar-refractivity contribution < 1.29 is 14.6 Å². The number of benzene rings is 1. The average molecular weight is 291 g/mol. The maximum Gasteiger partial charge on any atom is 0.410 e. The summed E-state index contributed by atoms with van der Waals surface area (Å²) in [4.78, 5) is 13.6. The number of likely N-dealkylation sites (tertiary alicyclic amines) is 1. The number of rotatable bonds is 2. The second-order valence-electron chi connectivity index (χ2n) is 6.73. The molecule has 1 aliphatic heterocycles. The van der Waals surface area contributed by atoms with E-state index in [1.54, 1.807) is 4.90 Å². The normalized spacial score (nSPS) is 23.0. The molecule has 0 unspecified atom stereocenters. The number of ether oxygens (including phenoxy) is 1. The zero-order chi connectivity index (χ0) is 15.5. The van der Waals surface area contributed by atoms with Crippen LogP contribution in [0.5, 0.6) is 0 Å². The smallest absolute Gasteiger partial charge is 0.410 e. The third-order valence-corrected chi connectivity index (χ3v) is 3.71. The minimum Gasteiger partial charge on any atom is -0.444 e. The fourth-order valence-corrected chi connectivity index (χ4v) is 2.63. The van der Waals surface area contributed by atoms with E-state index in [1.165, 1.54) is 5.56 Å². The van der Waals surface area contributed by atoms with E-state index in [0.717, 1.165) is 12.8 Å². The molecule has 1 aromatic rings. The van der Waals surface area contributed by atoms with Crippen LogP contribution in [0.15, 0.2) is 30.3 Å². The van der Waals surface area contributed by atoms with Crippen molar-refractivity contribution in [3.8, 4) is 0 Å². The average Bonchev–Trinajstić information content (AvgIpc) is 2.40. The van der Waals surface area contributed by atoms with Crippen LogP contribution in [0.2, 0.25) is 0 Å². The van der Waals surface area contributed by atoms with Crippen LogP contribution in [0.1, 0.15) is 32.8 Å². The summed E-state index contributed by atoms with van der Waals surface area (Å²) < 4.78 is 5.35. The molecule has 1 aliphatic rings. The summed E-state index contributed by atoms with van der Waals surface area (Å²) in [6.07, 6.45) is 0.825. The molecule has 116 valence electrons. The Morgan fingerprint density at radius 3 is 2.57 bits per heavy atom. The Balaban J connectivity index is 1.89. The molecule has 1 N–H and O–H groups in total.